The van der Waals surface area contributed by atoms with Crippen LogP contribution in [0.4, 0.5) is 0 Å². The molecule has 6 nitrogen and oxygen atoms in total. The van der Waals surface area contributed by atoms with Gasteiger partial charge in [0.1, 0.15) is 5.76 Å². The Morgan fingerprint density at radius 2 is 2.04 bits per heavy atom. The van der Waals surface area contributed by atoms with Crippen molar-refractivity contribution in [2.45, 2.75) is 45.6 Å². The largest absolute Gasteiger partial charge is 0.468 e. The molecule has 158 valence electrons. The fourth-order valence-corrected chi connectivity index (χ4v) is 4.60. The van der Waals surface area contributed by atoms with Gasteiger partial charge < -0.3 is 20.0 Å². The van der Waals surface area contributed by atoms with Gasteiger partial charge in [-0.15, -0.1) is 0 Å². The number of aliphatic imine (C=N–C) groups is 1. The fraction of sp³-hybridized carbons (Fsp3) is 0.773. The zero-order valence-corrected chi connectivity index (χ0v) is 18.0. The molecule has 28 heavy (non-hydrogen) atoms. The van der Waals surface area contributed by atoms with Crippen LogP contribution in [0.15, 0.2) is 27.8 Å². The summed E-state index contributed by atoms with van der Waals surface area (Å²) >= 11 is 0. The summed E-state index contributed by atoms with van der Waals surface area (Å²) in [5.41, 5.74) is 0. The van der Waals surface area contributed by atoms with Gasteiger partial charge in [0.05, 0.1) is 12.3 Å². The van der Waals surface area contributed by atoms with Crippen molar-refractivity contribution in [3.05, 3.63) is 24.2 Å². The van der Waals surface area contributed by atoms with Crippen LogP contribution in [0.1, 0.15) is 51.3 Å². The van der Waals surface area contributed by atoms with Crippen molar-refractivity contribution in [1.82, 2.24) is 20.4 Å². The molecule has 2 atom stereocenters. The van der Waals surface area contributed by atoms with Crippen LogP contribution in [0, 0.1) is 11.8 Å². The van der Waals surface area contributed by atoms with Crippen LogP contribution in [0.5, 0.6) is 0 Å². The van der Waals surface area contributed by atoms with Gasteiger partial charge in [0.15, 0.2) is 5.96 Å². The third kappa shape index (κ3) is 6.24. The lowest BCUT2D eigenvalue weighted by molar-refractivity contribution is 0.159. The number of hydrogen-bond acceptors (Lipinski definition) is 4. The van der Waals surface area contributed by atoms with Crippen molar-refractivity contribution in [3.8, 4) is 0 Å². The predicted octanol–water partition coefficient (Wildman–Crippen LogP) is 2.95. The topological polar surface area (TPSA) is 56.0 Å². The first-order chi connectivity index (χ1) is 13.7. The molecule has 0 bridgehead atoms. The van der Waals surface area contributed by atoms with Gasteiger partial charge >= 0.3 is 0 Å². The number of rotatable bonds is 8. The predicted molar refractivity (Wildman–Crippen MR) is 116 cm³/mol. The van der Waals surface area contributed by atoms with Gasteiger partial charge in [-0.2, -0.15) is 0 Å². The highest BCUT2D eigenvalue weighted by Gasteiger charge is 2.26. The molecule has 0 saturated carbocycles. The minimum atomic E-state index is 0.271. The Hall–Kier alpha value is -1.53. The van der Waals surface area contributed by atoms with E-state index in [4.69, 9.17) is 4.42 Å². The maximum absolute atomic E-state index is 5.73. The molecule has 0 amide bonds. The summed E-state index contributed by atoms with van der Waals surface area (Å²) in [6.45, 7) is 12.4. The number of hydrogen-bond donors (Lipinski definition) is 2. The first-order valence-electron chi connectivity index (χ1n) is 11.1. The summed E-state index contributed by atoms with van der Waals surface area (Å²) in [5.74, 6) is 3.38. The van der Waals surface area contributed by atoms with Gasteiger partial charge in [0, 0.05) is 33.2 Å². The van der Waals surface area contributed by atoms with Crippen LogP contribution in [0.3, 0.4) is 0 Å². The molecule has 2 saturated heterocycles. The second kappa shape index (κ2) is 10.9. The van der Waals surface area contributed by atoms with Crippen molar-refractivity contribution in [3.63, 3.8) is 0 Å². The van der Waals surface area contributed by atoms with E-state index in [1.54, 1.807) is 6.26 Å². The average molecular weight is 390 g/mol. The van der Waals surface area contributed by atoms with E-state index in [1.165, 1.54) is 45.3 Å². The smallest absolute Gasteiger partial charge is 0.191 e. The molecule has 1 aromatic rings. The van der Waals surface area contributed by atoms with E-state index in [1.807, 2.05) is 13.1 Å². The molecular formula is C22H39N5O. The minimum absolute atomic E-state index is 0.271. The van der Waals surface area contributed by atoms with Crippen molar-refractivity contribution < 1.29 is 4.42 Å². The molecule has 2 fully saturated rings. The monoisotopic (exact) mass is 389 g/mol. The molecule has 6 heteroatoms. The molecule has 3 heterocycles. The summed E-state index contributed by atoms with van der Waals surface area (Å²) in [4.78, 5) is 9.59. The minimum Gasteiger partial charge on any atom is -0.468 e. The highest BCUT2D eigenvalue weighted by Crippen LogP contribution is 2.24. The fourth-order valence-electron chi connectivity index (χ4n) is 4.60. The second-order valence-corrected chi connectivity index (χ2v) is 8.77. The van der Waals surface area contributed by atoms with E-state index in [2.05, 4.69) is 45.3 Å². The Morgan fingerprint density at radius 3 is 2.71 bits per heavy atom. The second-order valence-electron chi connectivity index (χ2n) is 8.77. The van der Waals surface area contributed by atoms with Crippen molar-refractivity contribution in [2.24, 2.45) is 16.8 Å². The van der Waals surface area contributed by atoms with Crippen LogP contribution in [0.25, 0.3) is 0 Å². The van der Waals surface area contributed by atoms with E-state index in [0.717, 1.165) is 43.8 Å². The average Bonchev–Trinajstić information content (AvgIpc) is 3.39. The van der Waals surface area contributed by atoms with Crippen LogP contribution < -0.4 is 10.6 Å². The lowest BCUT2D eigenvalue weighted by Crippen LogP contribution is -2.46. The Balaban J connectivity index is 1.47. The molecule has 0 radical (unpaired) electrons. The van der Waals surface area contributed by atoms with E-state index in [0.29, 0.717) is 5.92 Å². The van der Waals surface area contributed by atoms with E-state index < -0.39 is 0 Å². The molecule has 2 unspecified atom stereocenters. The number of guanidine groups is 1. The molecule has 2 N–H and O–H groups in total. The Labute approximate surface area is 170 Å². The molecule has 2 aliphatic heterocycles. The van der Waals surface area contributed by atoms with Gasteiger partial charge in [-0.3, -0.25) is 9.89 Å². The Kier molecular flexibility index (Phi) is 8.22. The number of nitrogens with one attached hydrogen (secondary N) is 2. The van der Waals surface area contributed by atoms with Gasteiger partial charge in [-0.05, 0) is 69.3 Å². The maximum atomic E-state index is 5.73. The summed E-state index contributed by atoms with van der Waals surface area (Å²) in [6, 6.07) is 4.34. The Morgan fingerprint density at radius 1 is 1.21 bits per heavy atom. The molecule has 0 spiro atoms. The van der Waals surface area contributed by atoms with E-state index >= 15 is 0 Å². The molecule has 3 rings (SSSR count). The summed E-state index contributed by atoms with van der Waals surface area (Å²) in [5, 5.41) is 7.11. The highest BCUT2D eigenvalue weighted by atomic mass is 16.3. The normalized spacial score (nSPS) is 23.3. The SMILES string of the molecule is CN=C(NCC1CCCN(CC(C)C)C1)NCC(c1ccco1)N1CCCC1. The van der Waals surface area contributed by atoms with Crippen molar-refractivity contribution in [1.29, 1.82) is 0 Å². The molecular weight excluding hydrogens is 350 g/mol. The summed E-state index contributed by atoms with van der Waals surface area (Å²) < 4.78 is 5.73. The standard InChI is InChI=1S/C22H39N5O/c1-18(2)16-26-10-6-8-19(17-26)14-24-22(23-3)25-15-20(21-9-7-13-28-21)27-11-4-5-12-27/h7,9,13,18-20H,4-6,8,10-12,14-17H2,1-3H3,(H2,23,24,25). The lowest BCUT2D eigenvalue weighted by atomic mass is 9.97. The van der Waals surface area contributed by atoms with Gasteiger partial charge in [0.2, 0.25) is 0 Å². The van der Waals surface area contributed by atoms with Gasteiger partial charge in [0.25, 0.3) is 0 Å². The summed E-state index contributed by atoms with van der Waals surface area (Å²) in [7, 11) is 1.86. The lowest BCUT2D eigenvalue weighted by Gasteiger charge is -2.34. The maximum Gasteiger partial charge on any atom is 0.191 e. The first-order valence-corrected chi connectivity index (χ1v) is 11.1. The summed E-state index contributed by atoms with van der Waals surface area (Å²) in [6.07, 6.45) is 6.94. The zero-order chi connectivity index (χ0) is 19.8. The van der Waals surface area contributed by atoms with Crippen molar-refractivity contribution in [2.75, 3.05) is 52.9 Å². The quantitative estimate of drug-likeness (QED) is 0.529. The van der Waals surface area contributed by atoms with Gasteiger partial charge in [-0.25, -0.2) is 0 Å². The number of furan rings is 1. The molecule has 0 aromatic carbocycles. The number of piperidine rings is 1. The third-order valence-corrected chi connectivity index (χ3v) is 5.92. The molecule has 1 aromatic heterocycles. The highest BCUT2D eigenvalue weighted by molar-refractivity contribution is 5.79. The van der Waals surface area contributed by atoms with E-state index in [-0.39, 0.29) is 6.04 Å². The van der Waals surface area contributed by atoms with Crippen molar-refractivity contribution >= 4 is 5.96 Å². The zero-order valence-electron chi connectivity index (χ0n) is 18.0. The van der Waals surface area contributed by atoms with Gasteiger partial charge in [-0.1, -0.05) is 13.8 Å². The first kappa shape index (κ1) is 21.2. The van der Waals surface area contributed by atoms with Crippen LogP contribution in [-0.2, 0) is 0 Å². The van der Waals surface area contributed by atoms with Crippen LogP contribution in [0.2, 0.25) is 0 Å². The Bertz CT molecular complexity index is 580. The molecule has 2 aliphatic rings. The van der Waals surface area contributed by atoms with Crippen LogP contribution in [-0.4, -0.2) is 68.6 Å². The number of nitrogens with zero attached hydrogens (tertiary/aromatic N) is 3. The van der Waals surface area contributed by atoms with Crippen LogP contribution >= 0.6 is 0 Å². The van der Waals surface area contributed by atoms with E-state index in [9.17, 15) is 0 Å². The third-order valence-electron chi connectivity index (χ3n) is 5.92. The molecule has 0 aliphatic carbocycles. The number of likely N-dealkylation sites (tertiary alicyclic amines) is 2.